The van der Waals surface area contributed by atoms with Crippen LogP contribution in [0.5, 0.6) is 0 Å². The Bertz CT molecular complexity index is 549. The van der Waals surface area contributed by atoms with E-state index >= 15 is 0 Å². The summed E-state index contributed by atoms with van der Waals surface area (Å²) in [6.45, 7) is 11.9. The Morgan fingerprint density at radius 3 is 1.73 bits per heavy atom. The van der Waals surface area contributed by atoms with Crippen molar-refractivity contribution in [3.05, 3.63) is 59.2 Å². The van der Waals surface area contributed by atoms with Gasteiger partial charge in [-0.2, -0.15) is 0 Å². The summed E-state index contributed by atoms with van der Waals surface area (Å²) in [5.74, 6) is -0.784. The van der Waals surface area contributed by atoms with Gasteiger partial charge < -0.3 is 5.11 Å². The van der Waals surface area contributed by atoms with Gasteiger partial charge in [-0.15, -0.1) is 0 Å². The van der Waals surface area contributed by atoms with Crippen LogP contribution in [0.25, 0.3) is 11.1 Å². The zero-order valence-electron chi connectivity index (χ0n) is 14.6. The minimum absolute atomic E-state index is 0.0900. The van der Waals surface area contributed by atoms with Crippen LogP contribution in [-0.4, -0.2) is 11.1 Å². The Balaban J connectivity index is 0.00000102. The van der Waals surface area contributed by atoms with E-state index in [0.29, 0.717) is 0 Å². The average molecular weight is 300 g/mol. The molecule has 2 aromatic carbocycles. The molecule has 0 aliphatic carbocycles. The molecule has 22 heavy (non-hydrogen) atoms. The molecule has 0 bridgehead atoms. The maximum absolute atomic E-state index is 10.8. The quantitative estimate of drug-likeness (QED) is 0.795. The van der Waals surface area contributed by atoms with Crippen molar-refractivity contribution in [3.8, 4) is 11.1 Å². The third-order valence-electron chi connectivity index (χ3n) is 3.13. The van der Waals surface area contributed by atoms with Crippen molar-refractivity contribution in [1.29, 1.82) is 0 Å². The van der Waals surface area contributed by atoms with Gasteiger partial charge in [0.05, 0.1) is 6.42 Å². The number of rotatable bonds is 3. The van der Waals surface area contributed by atoms with Gasteiger partial charge in [0.15, 0.2) is 0 Å². The largest absolute Gasteiger partial charge is 0.481 e. The van der Waals surface area contributed by atoms with Crippen LogP contribution in [0, 0.1) is 13.8 Å². The summed E-state index contributed by atoms with van der Waals surface area (Å²) in [6, 6.07) is 14.2. The second-order valence-electron chi connectivity index (χ2n) is 4.53. The summed E-state index contributed by atoms with van der Waals surface area (Å²) in [7, 11) is 0. The van der Waals surface area contributed by atoms with Crippen LogP contribution in [0.1, 0.15) is 44.4 Å². The van der Waals surface area contributed by atoms with Gasteiger partial charge in [-0.3, -0.25) is 4.79 Å². The number of hydrogen-bond donors (Lipinski definition) is 1. The second kappa shape index (κ2) is 10.6. The molecular formula is C20H28O2. The number of carboxylic acid groups (broad SMARTS) is 1. The normalized spacial score (nSPS) is 9.00. The highest BCUT2D eigenvalue weighted by Gasteiger charge is 2.09. The lowest BCUT2D eigenvalue weighted by atomic mass is 9.94. The summed E-state index contributed by atoms with van der Waals surface area (Å²) < 4.78 is 0. The molecule has 0 radical (unpaired) electrons. The van der Waals surface area contributed by atoms with Crippen molar-refractivity contribution in [2.75, 3.05) is 0 Å². The first-order valence-corrected chi connectivity index (χ1v) is 7.95. The SMILES string of the molecule is CC.CC.Cc1cc(-c2ccccc2)cc(C)c1CC(=O)O. The molecule has 0 amide bonds. The second-order valence-corrected chi connectivity index (χ2v) is 4.53. The van der Waals surface area contributed by atoms with Gasteiger partial charge in [-0.25, -0.2) is 0 Å². The maximum Gasteiger partial charge on any atom is 0.307 e. The number of carbonyl (C=O) groups is 1. The molecule has 0 spiro atoms. The zero-order valence-corrected chi connectivity index (χ0v) is 14.6. The number of aryl methyl sites for hydroxylation is 2. The highest BCUT2D eigenvalue weighted by atomic mass is 16.4. The van der Waals surface area contributed by atoms with Crippen LogP contribution in [0.4, 0.5) is 0 Å². The fourth-order valence-electron chi connectivity index (χ4n) is 2.22. The van der Waals surface area contributed by atoms with Crippen molar-refractivity contribution >= 4 is 5.97 Å². The Morgan fingerprint density at radius 2 is 1.32 bits per heavy atom. The Morgan fingerprint density at radius 1 is 0.864 bits per heavy atom. The average Bonchev–Trinajstić information content (AvgIpc) is 2.55. The molecule has 0 aliphatic rings. The van der Waals surface area contributed by atoms with Crippen LogP contribution >= 0.6 is 0 Å². The predicted molar refractivity (Wildman–Crippen MR) is 95.4 cm³/mol. The first-order valence-electron chi connectivity index (χ1n) is 7.95. The number of hydrogen-bond acceptors (Lipinski definition) is 1. The molecule has 0 aromatic heterocycles. The topological polar surface area (TPSA) is 37.3 Å². The van der Waals surface area contributed by atoms with E-state index in [4.69, 9.17) is 5.11 Å². The summed E-state index contributed by atoms with van der Waals surface area (Å²) in [6.07, 6.45) is 0.0900. The highest BCUT2D eigenvalue weighted by Crippen LogP contribution is 2.25. The van der Waals surface area contributed by atoms with E-state index < -0.39 is 5.97 Å². The molecule has 0 unspecified atom stereocenters. The molecule has 1 N–H and O–H groups in total. The van der Waals surface area contributed by atoms with Gasteiger partial charge in [0, 0.05) is 0 Å². The van der Waals surface area contributed by atoms with Crippen molar-refractivity contribution in [3.63, 3.8) is 0 Å². The lowest BCUT2D eigenvalue weighted by Gasteiger charge is -2.11. The van der Waals surface area contributed by atoms with Gasteiger partial charge in [0.2, 0.25) is 0 Å². The Kier molecular flexibility index (Phi) is 9.60. The first-order chi connectivity index (χ1) is 10.6. The lowest BCUT2D eigenvalue weighted by molar-refractivity contribution is -0.136. The Labute approximate surface area is 134 Å². The molecule has 0 saturated heterocycles. The molecule has 2 nitrogen and oxygen atoms in total. The van der Waals surface area contributed by atoms with Gasteiger partial charge in [0.25, 0.3) is 0 Å². The summed E-state index contributed by atoms with van der Waals surface area (Å²) in [5.41, 5.74) is 5.29. The predicted octanol–water partition coefficient (Wildman–Crippen LogP) is 5.65. The maximum atomic E-state index is 10.8. The highest BCUT2D eigenvalue weighted by molar-refractivity contribution is 5.73. The molecule has 2 heteroatoms. The van der Waals surface area contributed by atoms with Crippen LogP contribution in [0.15, 0.2) is 42.5 Å². The minimum atomic E-state index is -0.784. The lowest BCUT2D eigenvalue weighted by Crippen LogP contribution is -2.04. The monoisotopic (exact) mass is 300 g/mol. The van der Waals surface area contributed by atoms with E-state index in [1.807, 2.05) is 59.7 Å². The van der Waals surface area contributed by atoms with Gasteiger partial charge in [-0.1, -0.05) is 70.2 Å². The van der Waals surface area contributed by atoms with Crippen molar-refractivity contribution in [2.24, 2.45) is 0 Å². The number of aliphatic carboxylic acids is 1. The van der Waals surface area contributed by atoms with E-state index in [2.05, 4.69) is 24.3 Å². The summed E-state index contributed by atoms with van der Waals surface area (Å²) in [4.78, 5) is 10.8. The van der Waals surface area contributed by atoms with Crippen LogP contribution in [0.3, 0.4) is 0 Å². The standard InChI is InChI=1S/C16H16O2.2C2H6/c1-11-8-14(13-6-4-3-5-7-13)9-12(2)15(11)10-16(17)18;2*1-2/h3-9H,10H2,1-2H3,(H,17,18);2*1-2H3. The molecule has 2 rings (SSSR count). The van der Waals surface area contributed by atoms with E-state index in [0.717, 1.165) is 27.8 Å². The van der Waals surface area contributed by atoms with Gasteiger partial charge >= 0.3 is 5.97 Å². The molecule has 0 aliphatic heterocycles. The van der Waals surface area contributed by atoms with Crippen LogP contribution in [-0.2, 0) is 11.2 Å². The van der Waals surface area contributed by atoms with E-state index in [-0.39, 0.29) is 6.42 Å². The van der Waals surface area contributed by atoms with Crippen molar-refractivity contribution in [2.45, 2.75) is 48.0 Å². The van der Waals surface area contributed by atoms with Crippen LogP contribution < -0.4 is 0 Å². The molecule has 0 heterocycles. The van der Waals surface area contributed by atoms with Gasteiger partial charge in [-0.05, 0) is 41.7 Å². The molecule has 0 atom stereocenters. The summed E-state index contributed by atoms with van der Waals surface area (Å²) in [5, 5.41) is 8.90. The molecular weight excluding hydrogens is 272 g/mol. The first kappa shape index (κ1) is 19.9. The van der Waals surface area contributed by atoms with Gasteiger partial charge in [0.1, 0.15) is 0 Å². The Hall–Kier alpha value is -2.09. The zero-order chi connectivity index (χ0) is 17.1. The molecule has 2 aromatic rings. The van der Waals surface area contributed by atoms with Crippen LogP contribution in [0.2, 0.25) is 0 Å². The third-order valence-corrected chi connectivity index (χ3v) is 3.13. The van der Waals surface area contributed by atoms with E-state index in [1.165, 1.54) is 0 Å². The summed E-state index contributed by atoms with van der Waals surface area (Å²) >= 11 is 0. The third kappa shape index (κ3) is 5.72. The number of benzene rings is 2. The van der Waals surface area contributed by atoms with E-state index in [1.54, 1.807) is 0 Å². The van der Waals surface area contributed by atoms with Crippen molar-refractivity contribution in [1.82, 2.24) is 0 Å². The molecule has 120 valence electrons. The molecule has 0 fully saturated rings. The fraction of sp³-hybridized carbons (Fsp3) is 0.350. The molecule has 0 saturated carbocycles. The minimum Gasteiger partial charge on any atom is -0.481 e. The fourth-order valence-corrected chi connectivity index (χ4v) is 2.22. The van der Waals surface area contributed by atoms with Crippen molar-refractivity contribution < 1.29 is 9.90 Å². The van der Waals surface area contributed by atoms with E-state index in [9.17, 15) is 4.79 Å². The smallest absolute Gasteiger partial charge is 0.307 e. The number of carboxylic acids is 1.